The molecule has 0 aliphatic carbocycles. The number of nitrogens with zero attached hydrogens (tertiary/aromatic N) is 1. The summed E-state index contributed by atoms with van der Waals surface area (Å²) in [6.07, 6.45) is 4.30. The number of thiocarbonyl (C=S) groups is 1. The van der Waals surface area contributed by atoms with E-state index in [9.17, 15) is 9.59 Å². The summed E-state index contributed by atoms with van der Waals surface area (Å²) < 4.78 is 0.603. The van der Waals surface area contributed by atoms with Crippen LogP contribution < -0.4 is 0 Å². The van der Waals surface area contributed by atoms with Crippen LogP contribution in [0.1, 0.15) is 46.0 Å². The van der Waals surface area contributed by atoms with Crippen LogP contribution in [0.15, 0.2) is 0 Å². The average Bonchev–Trinajstić information content (AvgIpc) is 2.41. The first-order valence-corrected chi connectivity index (χ1v) is 8.58. The number of aliphatic carboxylic acids is 1. The third kappa shape index (κ3) is 5.05. The van der Waals surface area contributed by atoms with E-state index in [4.69, 9.17) is 17.3 Å². The average molecular weight is 317 g/mol. The number of amides is 1. The lowest BCUT2D eigenvalue weighted by atomic mass is 9.98. The Morgan fingerprint density at radius 1 is 1.55 bits per heavy atom. The molecule has 20 heavy (non-hydrogen) atoms. The number of carbonyl (C=O) groups is 2. The van der Waals surface area contributed by atoms with Crippen LogP contribution in [-0.4, -0.2) is 38.5 Å². The second kappa shape index (κ2) is 8.62. The molecule has 2 atom stereocenters. The lowest BCUT2D eigenvalue weighted by Crippen LogP contribution is -2.46. The zero-order valence-corrected chi connectivity index (χ0v) is 13.8. The van der Waals surface area contributed by atoms with Gasteiger partial charge in [0.15, 0.2) is 0 Å². The van der Waals surface area contributed by atoms with Gasteiger partial charge in [-0.3, -0.25) is 14.5 Å². The summed E-state index contributed by atoms with van der Waals surface area (Å²) in [6, 6.07) is 0. The molecular weight excluding hydrogens is 294 g/mol. The van der Waals surface area contributed by atoms with Crippen LogP contribution in [-0.2, 0) is 9.59 Å². The molecule has 1 amide bonds. The van der Waals surface area contributed by atoms with E-state index in [-0.39, 0.29) is 12.3 Å². The van der Waals surface area contributed by atoms with Crippen molar-refractivity contribution in [1.29, 1.82) is 0 Å². The molecule has 0 aromatic rings. The maximum Gasteiger partial charge on any atom is 0.304 e. The first-order valence-electron chi connectivity index (χ1n) is 7.19. The SMILES string of the molecule is CCCCC(CC)CN1C(=O)C(CC(=O)O)CSC1=S. The van der Waals surface area contributed by atoms with Gasteiger partial charge in [0.1, 0.15) is 4.32 Å². The maximum atomic E-state index is 12.4. The number of carbonyl (C=O) groups excluding carboxylic acids is 1. The van der Waals surface area contributed by atoms with E-state index in [2.05, 4.69) is 13.8 Å². The van der Waals surface area contributed by atoms with Crippen LogP contribution in [0.3, 0.4) is 0 Å². The Bertz CT molecular complexity index is 373. The number of carboxylic acid groups (broad SMARTS) is 1. The van der Waals surface area contributed by atoms with Crippen LogP contribution in [0, 0.1) is 11.8 Å². The van der Waals surface area contributed by atoms with Crippen LogP contribution in [0.25, 0.3) is 0 Å². The number of carboxylic acids is 1. The molecule has 0 radical (unpaired) electrons. The summed E-state index contributed by atoms with van der Waals surface area (Å²) >= 11 is 6.70. The maximum absolute atomic E-state index is 12.4. The van der Waals surface area contributed by atoms with E-state index in [1.54, 1.807) is 4.90 Å². The van der Waals surface area contributed by atoms with Gasteiger partial charge < -0.3 is 5.11 Å². The highest BCUT2D eigenvalue weighted by atomic mass is 32.2. The molecule has 0 spiro atoms. The van der Waals surface area contributed by atoms with Gasteiger partial charge in [-0.1, -0.05) is 57.1 Å². The minimum Gasteiger partial charge on any atom is -0.481 e. The van der Waals surface area contributed by atoms with Gasteiger partial charge in [0.05, 0.1) is 12.3 Å². The summed E-state index contributed by atoms with van der Waals surface area (Å²) in [5, 5.41) is 8.87. The molecule has 1 fully saturated rings. The largest absolute Gasteiger partial charge is 0.481 e. The van der Waals surface area contributed by atoms with Crippen molar-refractivity contribution < 1.29 is 14.7 Å². The highest BCUT2D eigenvalue weighted by Gasteiger charge is 2.34. The summed E-state index contributed by atoms with van der Waals surface area (Å²) in [5.74, 6) is -0.526. The Balaban J connectivity index is 2.66. The summed E-state index contributed by atoms with van der Waals surface area (Å²) in [4.78, 5) is 24.8. The first-order chi connectivity index (χ1) is 9.49. The van der Waals surface area contributed by atoms with E-state index in [0.717, 1.165) is 25.7 Å². The van der Waals surface area contributed by atoms with Crippen molar-refractivity contribution in [3.05, 3.63) is 0 Å². The smallest absolute Gasteiger partial charge is 0.304 e. The van der Waals surface area contributed by atoms with E-state index >= 15 is 0 Å². The fourth-order valence-electron chi connectivity index (χ4n) is 2.33. The van der Waals surface area contributed by atoms with E-state index in [1.807, 2.05) is 0 Å². The van der Waals surface area contributed by atoms with Crippen LogP contribution in [0.5, 0.6) is 0 Å². The second-order valence-corrected chi connectivity index (χ2v) is 6.89. The Kier molecular flexibility index (Phi) is 7.51. The molecule has 1 aliphatic heterocycles. The zero-order valence-electron chi connectivity index (χ0n) is 12.1. The standard InChI is InChI=1S/C14H23NO3S2/c1-3-5-6-10(4-2)8-15-13(18)11(7-12(16)17)9-20-14(15)19/h10-11H,3-9H2,1-2H3,(H,16,17). The summed E-state index contributed by atoms with van der Waals surface area (Å²) in [5.41, 5.74) is 0. The van der Waals surface area contributed by atoms with Gasteiger partial charge in [-0.05, 0) is 12.3 Å². The van der Waals surface area contributed by atoms with Gasteiger partial charge in [-0.2, -0.15) is 0 Å². The van der Waals surface area contributed by atoms with Crippen molar-refractivity contribution in [3.63, 3.8) is 0 Å². The zero-order chi connectivity index (χ0) is 15.1. The minimum absolute atomic E-state index is 0.100. The van der Waals surface area contributed by atoms with E-state index in [1.165, 1.54) is 11.8 Å². The van der Waals surface area contributed by atoms with Gasteiger partial charge in [0, 0.05) is 12.3 Å². The number of hydrogen-bond acceptors (Lipinski definition) is 4. The molecule has 1 N–H and O–H groups in total. The van der Waals surface area contributed by atoms with Crippen LogP contribution >= 0.6 is 24.0 Å². The number of thioether (sulfide) groups is 1. The van der Waals surface area contributed by atoms with Crippen molar-refractivity contribution in [2.45, 2.75) is 46.0 Å². The first kappa shape index (κ1) is 17.4. The van der Waals surface area contributed by atoms with Crippen molar-refractivity contribution in [3.8, 4) is 0 Å². The van der Waals surface area contributed by atoms with Crippen LogP contribution in [0.2, 0.25) is 0 Å². The molecule has 1 heterocycles. The van der Waals surface area contributed by atoms with Gasteiger partial charge in [0.25, 0.3) is 0 Å². The van der Waals surface area contributed by atoms with Gasteiger partial charge in [-0.25, -0.2) is 0 Å². The number of rotatable bonds is 8. The molecular formula is C14H23NO3S2. The number of hydrogen-bond donors (Lipinski definition) is 1. The molecule has 0 aromatic carbocycles. The lowest BCUT2D eigenvalue weighted by molar-refractivity contribution is -0.142. The van der Waals surface area contributed by atoms with Crippen molar-refractivity contribution in [2.75, 3.05) is 12.3 Å². The Labute approximate surface area is 130 Å². The molecule has 0 saturated carbocycles. The minimum atomic E-state index is -0.922. The molecule has 114 valence electrons. The summed E-state index contributed by atoms with van der Waals surface area (Å²) in [6.45, 7) is 4.92. The lowest BCUT2D eigenvalue weighted by Gasteiger charge is -2.34. The fraction of sp³-hybridized carbons (Fsp3) is 0.786. The Morgan fingerprint density at radius 3 is 2.80 bits per heavy atom. The molecule has 4 nitrogen and oxygen atoms in total. The quantitative estimate of drug-likeness (QED) is 0.697. The van der Waals surface area contributed by atoms with Crippen molar-refractivity contribution >= 4 is 40.2 Å². The van der Waals surface area contributed by atoms with Crippen molar-refractivity contribution in [2.24, 2.45) is 11.8 Å². The third-order valence-corrected chi connectivity index (χ3v) is 5.26. The third-order valence-electron chi connectivity index (χ3n) is 3.65. The van der Waals surface area contributed by atoms with E-state index < -0.39 is 11.9 Å². The number of unbranched alkanes of at least 4 members (excludes halogenated alkanes) is 1. The molecule has 1 aliphatic rings. The fourth-order valence-corrected chi connectivity index (χ4v) is 3.62. The predicted molar refractivity (Wildman–Crippen MR) is 85.8 cm³/mol. The van der Waals surface area contributed by atoms with Crippen LogP contribution in [0.4, 0.5) is 0 Å². The normalized spacial score (nSPS) is 21.1. The predicted octanol–water partition coefficient (Wildman–Crippen LogP) is 3.15. The molecule has 1 saturated heterocycles. The molecule has 0 bridgehead atoms. The summed E-state index contributed by atoms with van der Waals surface area (Å²) in [7, 11) is 0. The highest BCUT2D eigenvalue weighted by molar-refractivity contribution is 8.23. The molecule has 1 rings (SSSR count). The molecule has 2 unspecified atom stereocenters. The van der Waals surface area contributed by atoms with Gasteiger partial charge >= 0.3 is 5.97 Å². The van der Waals surface area contributed by atoms with Crippen molar-refractivity contribution in [1.82, 2.24) is 4.90 Å². The Hall–Kier alpha value is -0.620. The molecule has 6 heteroatoms. The molecule has 0 aromatic heterocycles. The second-order valence-electron chi connectivity index (χ2n) is 5.24. The topological polar surface area (TPSA) is 57.6 Å². The van der Waals surface area contributed by atoms with E-state index in [0.29, 0.717) is 22.5 Å². The van der Waals surface area contributed by atoms with Gasteiger partial charge in [0.2, 0.25) is 5.91 Å². The van der Waals surface area contributed by atoms with Gasteiger partial charge in [-0.15, -0.1) is 0 Å². The highest BCUT2D eigenvalue weighted by Crippen LogP contribution is 2.28. The Morgan fingerprint density at radius 2 is 2.25 bits per heavy atom. The monoisotopic (exact) mass is 317 g/mol.